The van der Waals surface area contributed by atoms with E-state index in [1.165, 1.54) is 11.3 Å². The molecule has 2 aromatic carbocycles. The average molecular weight is 664 g/mol. The smallest absolute Gasteiger partial charge is 0.338 e. The Morgan fingerprint density at radius 2 is 1.84 bits per heavy atom. The minimum atomic E-state index is -0.749. The molecule has 7 nitrogen and oxygen atoms in total. The molecule has 200 valence electrons. The number of carbonyl (C=O) groups excluding carboxylic acids is 1. The van der Waals surface area contributed by atoms with Gasteiger partial charge in [0.25, 0.3) is 5.56 Å². The highest BCUT2D eigenvalue weighted by Crippen LogP contribution is 2.37. The molecule has 0 amide bonds. The molecule has 1 atom stereocenters. The van der Waals surface area contributed by atoms with E-state index in [4.69, 9.17) is 14.2 Å². The number of para-hydroxylation sites is 1. The molecule has 38 heavy (non-hydrogen) atoms. The number of fused-ring (bicyclic) bond motifs is 1. The molecular weight excluding hydrogens is 636 g/mol. The quantitative estimate of drug-likeness (QED) is 0.297. The fraction of sp³-hybridized carbons (Fsp3) is 0.321. The maximum Gasteiger partial charge on any atom is 0.338 e. The largest absolute Gasteiger partial charge is 0.492 e. The Balaban J connectivity index is 1.95. The number of rotatable bonds is 8. The van der Waals surface area contributed by atoms with E-state index in [0.717, 1.165) is 14.5 Å². The lowest BCUT2D eigenvalue weighted by atomic mass is 9.95. The highest BCUT2D eigenvalue weighted by Gasteiger charge is 2.35. The Hall–Kier alpha value is -2.69. The van der Waals surface area contributed by atoms with Gasteiger partial charge in [-0.05, 0) is 96.3 Å². The van der Waals surface area contributed by atoms with Crippen molar-refractivity contribution in [2.24, 2.45) is 4.99 Å². The van der Waals surface area contributed by atoms with Crippen LogP contribution < -0.4 is 24.4 Å². The molecule has 1 aliphatic heterocycles. The maximum atomic E-state index is 13.9. The van der Waals surface area contributed by atoms with Crippen molar-refractivity contribution in [2.45, 2.75) is 46.8 Å². The van der Waals surface area contributed by atoms with Crippen molar-refractivity contribution in [3.8, 4) is 11.5 Å². The minimum absolute atomic E-state index is 0.0975. The predicted octanol–water partition coefficient (Wildman–Crippen LogP) is 5.51. The van der Waals surface area contributed by atoms with Gasteiger partial charge in [0.15, 0.2) is 4.80 Å². The van der Waals surface area contributed by atoms with Crippen LogP contribution in [0.15, 0.2) is 66.4 Å². The van der Waals surface area contributed by atoms with Crippen LogP contribution in [0, 0.1) is 0 Å². The van der Waals surface area contributed by atoms with Gasteiger partial charge in [0.05, 0.1) is 44.1 Å². The maximum absolute atomic E-state index is 13.9. The first-order chi connectivity index (χ1) is 18.2. The van der Waals surface area contributed by atoms with Crippen molar-refractivity contribution in [3.05, 3.63) is 87.4 Å². The van der Waals surface area contributed by atoms with Gasteiger partial charge in [-0.2, -0.15) is 0 Å². The molecule has 0 saturated carbocycles. The van der Waals surface area contributed by atoms with Crippen LogP contribution in [0.1, 0.15) is 51.8 Å². The summed E-state index contributed by atoms with van der Waals surface area (Å²) in [6, 6.07) is 10.5. The van der Waals surface area contributed by atoms with Crippen LogP contribution in [0.3, 0.4) is 0 Å². The Bertz CT molecular complexity index is 1570. The van der Waals surface area contributed by atoms with E-state index in [1.54, 1.807) is 18.4 Å². The van der Waals surface area contributed by atoms with Gasteiger partial charge in [0, 0.05) is 5.56 Å². The standard InChI is InChI=1S/C28H28Br2N2O5S/c1-6-35-25-19(29)12-17(13-20(25)30)14-22-26(33)32-24(18-10-8-9-11-21(18)37-15(3)4)23(27(34)36-7-2)16(5)31-28(32)38-22/h8-15,24H,6-7H2,1-5H3/b22-14+/t24-/m0/s1. The van der Waals surface area contributed by atoms with Gasteiger partial charge >= 0.3 is 5.97 Å². The van der Waals surface area contributed by atoms with Gasteiger partial charge in [-0.25, -0.2) is 9.79 Å². The van der Waals surface area contributed by atoms with Crippen LogP contribution in [-0.2, 0) is 9.53 Å². The van der Waals surface area contributed by atoms with E-state index in [0.29, 0.717) is 44.3 Å². The van der Waals surface area contributed by atoms with Crippen LogP contribution in [0.2, 0.25) is 0 Å². The zero-order valence-electron chi connectivity index (χ0n) is 21.7. The predicted molar refractivity (Wildman–Crippen MR) is 156 cm³/mol. The third kappa shape index (κ3) is 5.67. The summed E-state index contributed by atoms with van der Waals surface area (Å²) in [5, 5.41) is 0. The van der Waals surface area contributed by atoms with Crippen molar-refractivity contribution in [2.75, 3.05) is 13.2 Å². The van der Waals surface area contributed by atoms with E-state index in [2.05, 4.69) is 36.9 Å². The lowest BCUT2D eigenvalue weighted by Gasteiger charge is -2.26. The third-order valence-corrected chi connectivity index (χ3v) is 7.86. The number of aromatic nitrogens is 1. The Morgan fingerprint density at radius 3 is 2.47 bits per heavy atom. The fourth-order valence-electron chi connectivity index (χ4n) is 4.25. The molecule has 10 heteroatoms. The van der Waals surface area contributed by atoms with E-state index < -0.39 is 12.0 Å². The van der Waals surface area contributed by atoms with Crippen molar-refractivity contribution < 1.29 is 19.0 Å². The number of hydrogen-bond donors (Lipinski definition) is 0. The molecule has 0 saturated heterocycles. The van der Waals surface area contributed by atoms with E-state index in [-0.39, 0.29) is 18.3 Å². The van der Waals surface area contributed by atoms with E-state index >= 15 is 0 Å². The van der Waals surface area contributed by atoms with E-state index in [9.17, 15) is 9.59 Å². The second-order valence-electron chi connectivity index (χ2n) is 8.75. The summed E-state index contributed by atoms with van der Waals surface area (Å²) < 4.78 is 20.8. The topological polar surface area (TPSA) is 79.1 Å². The van der Waals surface area contributed by atoms with Gasteiger partial charge in [0.2, 0.25) is 0 Å². The highest BCUT2D eigenvalue weighted by atomic mass is 79.9. The molecule has 4 rings (SSSR count). The molecule has 0 N–H and O–H groups in total. The number of esters is 1. The first-order valence-electron chi connectivity index (χ1n) is 12.2. The molecule has 1 aliphatic rings. The summed E-state index contributed by atoms with van der Waals surface area (Å²) in [6.45, 7) is 10.0. The Morgan fingerprint density at radius 1 is 1.16 bits per heavy atom. The van der Waals surface area contributed by atoms with Crippen LogP contribution in [0.4, 0.5) is 0 Å². The van der Waals surface area contributed by atoms with Gasteiger partial charge in [0.1, 0.15) is 17.5 Å². The SMILES string of the molecule is CCOC(=O)C1=C(C)N=c2s/c(=C/c3cc(Br)c(OCC)c(Br)c3)c(=O)n2[C@H]1c1ccccc1OC(C)C. The Labute approximate surface area is 241 Å². The number of ether oxygens (including phenoxy) is 3. The molecule has 1 aromatic heterocycles. The Kier molecular flexibility index (Phi) is 8.95. The summed E-state index contributed by atoms with van der Waals surface area (Å²) >= 11 is 8.38. The van der Waals surface area contributed by atoms with Crippen molar-refractivity contribution in [1.82, 2.24) is 4.57 Å². The number of hydrogen-bond acceptors (Lipinski definition) is 7. The molecular formula is C28H28Br2N2O5S. The van der Waals surface area contributed by atoms with Crippen LogP contribution in [0.5, 0.6) is 11.5 Å². The summed E-state index contributed by atoms with van der Waals surface area (Å²) in [4.78, 5) is 32.3. The first kappa shape index (κ1) is 28.3. The van der Waals surface area contributed by atoms with Gasteiger partial charge in [-0.1, -0.05) is 29.5 Å². The van der Waals surface area contributed by atoms with E-state index in [1.807, 2.05) is 63.2 Å². The molecule has 0 spiro atoms. The zero-order chi connectivity index (χ0) is 27.6. The molecule has 0 unspecified atom stereocenters. The second-order valence-corrected chi connectivity index (χ2v) is 11.5. The zero-order valence-corrected chi connectivity index (χ0v) is 25.7. The lowest BCUT2D eigenvalue weighted by molar-refractivity contribution is -0.139. The molecule has 0 radical (unpaired) electrons. The normalized spacial score (nSPS) is 15.4. The lowest BCUT2D eigenvalue weighted by Crippen LogP contribution is -2.40. The number of halogens is 2. The van der Waals surface area contributed by atoms with Gasteiger partial charge < -0.3 is 14.2 Å². The highest BCUT2D eigenvalue weighted by molar-refractivity contribution is 9.11. The molecule has 0 aliphatic carbocycles. The van der Waals surface area contributed by atoms with Crippen molar-refractivity contribution >= 4 is 55.2 Å². The van der Waals surface area contributed by atoms with Crippen molar-refractivity contribution in [3.63, 3.8) is 0 Å². The summed E-state index contributed by atoms with van der Waals surface area (Å²) in [5.41, 5.74) is 2.06. The number of carbonyl (C=O) groups is 1. The summed E-state index contributed by atoms with van der Waals surface area (Å²) in [6.07, 6.45) is 1.71. The van der Waals surface area contributed by atoms with Gasteiger partial charge in [-0.15, -0.1) is 0 Å². The second kappa shape index (κ2) is 12.0. The number of thiazole rings is 1. The van der Waals surface area contributed by atoms with Gasteiger partial charge in [-0.3, -0.25) is 9.36 Å². The van der Waals surface area contributed by atoms with Crippen molar-refractivity contribution in [1.29, 1.82) is 0 Å². The third-order valence-electron chi connectivity index (χ3n) is 5.70. The first-order valence-corrected chi connectivity index (χ1v) is 14.6. The monoisotopic (exact) mass is 662 g/mol. The fourth-order valence-corrected chi connectivity index (χ4v) is 6.75. The average Bonchev–Trinajstić information content (AvgIpc) is 3.15. The van der Waals surface area contributed by atoms with Crippen LogP contribution >= 0.6 is 43.2 Å². The molecule has 0 bridgehead atoms. The number of benzene rings is 2. The molecule has 0 fully saturated rings. The number of nitrogens with zero attached hydrogens (tertiary/aromatic N) is 2. The van der Waals surface area contributed by atoms with Crippen LogP contribution in [0.25, 0.3) is 6.08 Å². The summed E-state index contributed by atoms with van der Waals surface area (Å²) in [7, 11) is 0. The van der Waals surface area contributed by atoms with Crippen LogP contribution in [-0.4, -0.2) is 29.9 Å². The molecule has 3 aromatic rings. The summed E-state index contributed by atoms with van der Waals surface area (Å²) in [5.74, 6) is 0.785. The molecule has 2 heterocycles. The number of allylic oxidation sites excluding steroid dienone is 1. The minimum Gasteiger partial charge on any atom is -0.492 e.